The molecule has 0 aliphatic rings. The van der Waals surface area contributed by atoms with Gasteiger partial charge in [0.2, 0.25) is 0 Å². The number of rotatable bonds is 8. The van der Waals surface area contributed by atoms with Gasteiger partial charge in [-0.25, -0.2) is 0 Å². The van der Waals surface area contributed by atoms with Crippen LogP contribution in [0.1, 0.15) is 30.0 Å². The van der Waals surface area contributed by atoms with Crippen molar-refractivity contribution in [2.45, 2.75) is 39.7 Å². The number of benzene rings is 2. The third-order valence-corrected chi connectivity index (χ3v) is 4.80. The molecule has 1 N–H and O–H groups in total. The average Bonchev–Trinajstić information content (AvgIpc) is 2.63. The van der Waals surface area contributed by atoms with Crippen molar-refractivity contribution in [2.24, 2.45) is 0 Å². The van der Waals surface area contributed by atoms with Gasteiger partial charge < -0.3 is 14.8 Å². The molecular formula is C21H26ClNO3. The molecule has 1 unspecified atom stereocenters. The lowest BCUT2D eigenvalue weighted by Crippen LogP contribution is -2.37. The van der Waals surface area contributed by atoms with E-state index in [9.17, 15) is 4.79 Å². The molecule has 4 nitrogen and oxygen atoms in total. The van der Waals surface area contributed by atoms with Crippen LogP contribution in [0.25, 0.3) is 0 Å². The highest BCUT2D eigenvalue weighted by Gasteiger charge is 2.15. The minimum Gasteiger partial charge on any atom is -0.496 e. The molecule has 0 bridgehead atoms. The van der Waals surface area contributed by atoms with E-state index < -0.39 is 6.10 Å². The molecule has 0 saturated heterocycles. The number of hydrogen-bond acceptors (Lipinski definition) is 3. The summed E-state index contributed by atoms with van der Waals surface area (Å²) in [6.45, 7) is 6.17. The zero-order valence-electron chi connectivity index (χ0n) is 15.8. The number of para-hydroxylation sites is 1. The second-order valence-corrected chi connectivity index (χ2v) is 6.72. The summed E-state index contributed by atoms with van der Waals surface area (Å²) >= 11 is 6.16. The van der Waals surface area contributed by atoms with Crippen LogP contribution in [-0.2, 0) is 11.2 Å². The van der Waals surface area contributed by atoms with Crippen LogP contribution in [0.3, 0.4) is 0 Å². The lowest BCUT2D eigenvalue weighted by atomic mass is 10.1. The highest BCUT2D eigenvalue weighted by atomic mass is 35.5. The molecule has 1 amide bonds. The fraction of sp³-hybridized carbons (Fsp3) is 0.381. The summed E-state index contributed by atoms with van der Waals surface area (Å²) in [6.07, 6.45) is 1.11. The minimum atomic E-state index is -0.568. The van der Waals surface area contributed by atoms with E-state index in [4.69, 9.17) is 21.1 Å². The summed E-state index contributed by atoms with van der Waals surface area (Å²) in [6, 6.07) is 11.6. The molecule has 2 rings (SSSR count). The van der Waals surface area contributed by atoms with Crippen molar-refractivity contribution in [1.82, 2.24) is 5.32 Å². The molecule has 0 aromatic heterocycles. The van der Waals surface area contributed by atoms with Crippen LogP contribution >= 0.6 is 11.6 Å². The van der Waals surface area contributed by atoms with Gasteiger partial charge in [0.1, 0.15) is 11.5 Å². The molecular weight excluding hydrogens is 350 g/mol. The normalized spacial score (nSPS) is 11.7. The Morgan fingerprint density at radius 3 is 2.50 bits per heavy atom. The Kier molecular flexibility index (Phi) is 7.34. The van der Waals surface area contributed by atoms with Crippen LogP contribution in [0.2, 0.25) is 5.02 Å². The Labute approximate surface area is 160 Å². The van der Waals surface area contributed by atoms with Gasteiger partial charge in [0.05, 0.1) is 7.11 Å². The van der Waals surface area contributed by atoms with Crippen molar-refractivity contribution in [3.63, 3.8) is 0 Å². The Hall–Kier alpha value is -2.20. The summed E-state index contributed by atoms with van der Waals surface area (Å²) in [4.78, 5) is 12.2. The quantitative estimate of drug-likeness (QED) is 0.692. The summed E-state index contributed by atoms with van der Waals surface area (Å²) in [7, 11) is 1.67. The highest BCUT2D eigenvalue weighted by Crippen LogP contribution is 2.26. The fourth-order valence-electron chi connectivity index (χ4n) is 2.78. The molecule has 0 saturated carbocycles. The lowest BCUT2D eigenvalue weighted by molar-refractivity contribution is -0.127. The van der Waals surface area contributed by atoms with Gasteiger partial charge in [0, 0.05) is 11.6 Å². The maximum absolute atomic E-state index is 12.2. The first kappa shape index (κ1) is 20.1. The van der Waals surface area contributed by atoms with Gasteiger partial charge in [0.15, 0.2) is 6.10 Å². The van der Waals surface area contributed by atoms with Gasteiger partial charge in [-0.05, 0) is 68.5 Å². The van der Waals surface area contributed by atoms with Gasteiger partial charge in [-0.2, -0.15) is 0 Å². The fourth-order valence-corrected chi connectivity index (χ4v) is 2.88. The molecule has 140 valence electrons. The van der Waals surface area contributed by atoms with E-state index in [-0.39, 0.29) is 5.91 Å². The predicted molar refractivity (Wildman–Crippen MR) is 105 cm³/mol. The summed E-state index contributed by atoms with van der Waals surface area (Å²) < 4.78 is 11.1. The van der Waals surface area contributed by atoms with Crippen LogP contribution in [0.5, 0.6) is 11.5 Å². The SMILES string of the molecule is COc1ccccc1CCCNC(=O)C(C)Oc1cc(C)c(Cl)c(C)c1. The highest BCUT2D eigenvalue weighted by molar-refractivity contribution is 6.32. The molecule has 0 heterocycles. The number of ether oxygens (including phenoxy) is 2. The Balaban J connectivity index is 1.80. The van der Waals surface area contributed by atoms with Crippen molar-refractivity contribution >= 4 is 17.5 Å². The van der Waals surface area contributed by atoms with Gasteiger partial charge in [-0.3, -0.25) is 4.79 Å². The number of aryl methyl sites for hydroxylation is 3. The number of carbonyl (C=O) groups excluding carboxylic acids is 1. The zero-order chi connectivity index (χ0) is 19.1. The number of amides is 1. The van der Waals surface area contributed by atoms with Gasteiger partial charge in [0.25, 0.3) is 5.91 Å². The summed E-state index contributed by atoms with van der Waals surface area (Å²) in [5.41, 5.74) is 3.01. The van der Waals surface area contributed by atoms with E-state index in [1.807, 2.05) is 50.2 Å². The van der Waals surface area contributed by atoms with E-state index in [1.54, 1.807) is 14.0 Å². The number of methoxy groups -OCH3 is 1. The molecule has 5 heteroatoms. The largest absolute Gasteiger partial charge is 0.496 e. The molecule has 1 atom stereocenters. The van der Waals surface area contributed by atoms with Crippen LogP contribution in [0.4, 0.5) is 0 Å². The predicted octanol–water partition coefficient (Wildman–Crippen LogP) is 4.48. The standard InChI is InChI=1S/C21H26ClNO3/c1-14-12-18(13-15(2)20(14)22)26-16(3)21(24)23-11-7-9-17-8-5-6-10-19(17)25-4/h5-6,8,10,12-13,16H,7,9,11H2,1-4H3,(H,23,24). The molecule has 2 aromatic carbocycles. The average molecular weight is 376 g/mol. The molecule has 0 radical (unpaired) electrons. The number of hydrogen-bond donors (Lipinski definition) is 1. The summed E-state index contributed by atoms with van der Waals surface area (Å²) in [5, 5.41) is 3.65. The van der Waals surface area contributed by atoms with Gasteiger partial charge in [-0.1, -0.05) is 29.8 Å². The third-order valence-electron chi connectivity index (χ3n) is 4.21. The smallest absolute Gasteiger partial charge is 0.260 e. The van der Waals surface area contributed by atoms with E-state index in [0.29, 0.717) is 12.3 Å². The monoisotopic (exact) mass is 375 g/mol. The van der Waals surface area contributed by atoms with E-state index in [2.05, 4.69) is 5.32 Å². The van der Waals surface area contributed by atoms with Crippen LogP contribution < -0.4 is 14.8 Å². The maximum atomic E-state index is 12.2. The van der Waals surface area contributed by atoms with Gasteiger partial charge in [-0.15, -0.1) is 0 Å². The molecule has 26 heavy (non-hydrogen) atoms. The number of carbonyl (C=O) groups is 1. The third kappa shape index (κ3) is 5.40. The number of halogens is 1. The van der Waals surface area contributed by atoms with Crippen molar-refractivity contribution in [3.8, 4) is 11.5 Å². The maximum Gasteiger partial charge on any atom is 0.260 e. The topological polar surface area (TPSA) is 47.6 Å². The molecule has 0 aliphatic heterocycles. The van der Waals surface area contributed by atoms with E-state index in [0.717, 1.165) is 40.3 Å². The number of nitrogens with one attached hydrogen (secondary N) is 1. The second-order valence-electron chi connectivity index (χ2n) is 6.34. The van der Waals surface area contributed by atoms with Crippen molar-refractivity contribution in [2.75, 3.05) is 13.7 Å². The Morgan fingerprint density at radius 1 is 1.19 bits per heavy atom. The summed E-state index contributed by atoms with van der Waals surface area (Å²) in [5.74, 6) is 1.40. The minimum absolute atomic E-state index is 0.129. The van der Waals surface area contributed by atoms with Crippen LogP contribution in [-0.4, -0.2) is 25.7 Å². The first-order chi connectivity index (χ1) is 12.4. The lowest BCUT2D eigenvalue weighted by Gasteiger charge is -2.16. The molecule has 2 aromatic rings. The van der Waals surface area contributed by atoms with Crippen LogP contribution in [0.15, 0.2) is 36.4 Å². The second kappa shape index (κ2) is 9.48. The van der Waals surface area contributed by atoms with Gasteiger partial charge >= 0.3 is 0 Å². The zero-order valence-corrected chi connectivity index (χ0v) is 16.5. The molecule has 0 spiro atoms. The van der Waals surface area contributed by atoms with Crippen molar-refractivity contribution < 1.29 is 14.3 Å². The van der Waals surface area contributed by atoms with Crippen LogP contribution in [0, 0.1) is 13.8 Å². The first-order valence-electron chi connectivity index (χ1n) is 8.75. The van der Waals surface area contributed by atoms with E-state index in [1.165, 1.54) is 0 Å². The Morgan fingerprint density at radius 2 is 1.85 bits per heavy atom. The van der Waals surface area contributed by atoms with E-state index >= 15 is 0 Å². The van der Waals surface area contributed by atoms with Crippen molar-refractivity contribution in [1.29, 1.82) is 0 Å². The first-order valence-corrected chi connectivity index (χ1v) is 9.13. The molecule has 0 fully saturated rings. The molecule has 0 aliphatic carbocycles. The van der Waals surface area contributed by atoms with Crippen molar-refractivity contribution in [3.05, 3.63) is 58.1 Å². The Bertz CT molecular complexity index is 738.